The second-order valence-corrected chi connectivity index (χ2v) is 7.91. The third-order valence-electron chi connectivity index (χ3n) is 4.65. The lowest BCUT2D eigenvalue weighted by molar-refractivity contribution is -0.139. The van der Waals surface area contributed by atoms with Crippen LogP contribution >= 0.6 is 0 Å². The van der Waals surface area contributed by atoms with Gasteiger partial charge in [0, 0.05) is 49.0 Å². The van der Waals surface area contributed by atoms with Crippen LogP contribution in [0.25, 0.3) is 6.08 Å². The maximum Gasteiger partial charge on any atom is 0.248 e. The molecule has 6 nitrogen and oxygen atoms in total. The molecule has 0 aliphatic carbocycles. The van der Waals surface area contributed by atoms with Crippen LogP contribution in [0.5, 0.6) is 0 Å². The smallest absolute Gasteiger partial charge is 0.248 e. The Balaban J connectivity index is 1.52. The summed E-state index contributed by atoms with van der Waals surface area (Å²) in [7, 11) is 0. The summed E-state index contributed by atoms with van der Waals surface area (Å²) in [6, 6.07) is 11.3. The minimum absolute atomic E-state index is 0.202. The summed E-state index contributed by atoms with van der Waals surface area (Å²) in [5.74, 6) is 0.626. The fourth-order valence-electron chi connectivity index (χ4n) is 3.13. The van der Waals surface area contributed by atoms with Gasteiger partial charge in [-0.25, -0.2) is 0 Å². The van der Waals surface area contributed by atoms with E-state index in [1.165, 1.54) is 6.08 Å². The van der Waals surface area contributed by atoms with Crippen LogP contribution in [-0.4, -0.2) is 42.9 Å². The summed E-state index contributed by atoms with van der Waals surface area (Å²) < 4.78 is 5.16. The highest BCUT2D eigenvalue weighted by molar-refractivity contribution is 6.01. The zero-order chi connectivity index (χ0) is 20.1. The van der Waals surface area contributed by atoms with Crippen LogP contribution < -0.4 is 10.2 Å². The standard InChI is InChI=1S/C22H27N3O3/c1-22(2,3)21(27)25-14-12-24(13-15-25)18-8-6-17(7-9-18)23-20(26)11-10-19-5-4-16-28-19/h4-11,16H,12-15H2,1-3H3,(H,23,26)/b11-10+. The highest BCUT2D eigenvalue weighted by atomic mass is 16.3. The second-order valence-electron chi connectivity index (χ2n) is 7.91. The quantitative estimate of drug-likeness (QED) is 0.822. The third-order valence-corrected chi connectivity index (χ3v) is 4.65. The first-order chi connectivity index (χ1) is 13.3. The van der Waals surface area contributed by atoms with E-state index < -0.39 is 0 Å². The van der Waals surface area contributed by atoms with Crippen LogP contribution in [-0.2, 0) is 9.59 Å². The zero-order valence-corrected chi connectivity index (χ0v) is 16.6. The lowest BCUT2D eigenvalue weighted by Gasteiger charge is -2.38. The first-order valence-corrected chi connectivity index (χ1v) is 9.50. The molecule has 2 aromatic rings. The van der Waals surface area contributed by atoms with Crippen LogP contribution in [0.4, 0.5) is 11.4 Å². The molecule has 148 valence electrons. The number of furan rings is 1. The average Bonchev–Trinajstić information content (AvgIpc) is 3.19. The van der Waals surface area contributed by atoms with E-state index in [9.17, 15) is 9.59 Å². The van der Waals surface area contributed by atoms with Gasteiger partial charge in [-0.2, -0.15) is 0 Å². The number of rotatable bonds is 4. The summed E-state index contributed by atoms with van der Waals surface area (Å²) in [5, 5.41) is 2.83. The van der Waals surface area contributed by atoms with E-state index in [-0.39, 0.29) is 17.2 Å². The third kappa shape index (κ3) is 5.03. The van der Waals surface area contributed by atoms with Gasteiger partial charge >= 0.3 is 0 Å². The molecule has 0 bridgehead atoms. The van der Waals surface area contributed by atoms with Gasteiger partial charge < -0.3 is 19.5 Å². The first kappa shape index (κ1) is 19.7. The number of anilines is 2. The van der Waals surface area contributed by atoms with E-state index in [0.717, 1.165) is 37.6 Å². The maximum absolute atomic E-state index is 12.4. The van der Waals surface area contributed by atoms with Gasteiger partial charge in [-0.3, -0.25) is 9.59 Å². The molecule has 3 rings (SSSR count). The highest BCUT2D eigenvalue weighted by Gasteiger charge is 2.29. The summed E-state index contributed by atoms with van der Waals surface area (Å²) in [6.45, 7) is 8.94. The molecule has 0 saturated carbocycles. The van der Waals surface area contributed by atoms with Crippen molar-refractivity contribution in [3.63, 3.8) is 0 Å². The largest absolute Gasteiger partial charge is 0.465 e. The van der Waals surface area contributed by atoms with Crippen LogP contribution in [0, 0.1) is 5.41 Å². The molecule has 1 aliphatic heterocycles. The van der Waals surface area contributed by atoms with Gasteiger partial charge in [0.1, 0.15) is 5.76 Å². The number of carbonyl (C=O) groups excluding carboxylic acids is 2. The Bertz CT molecular complexity index is 825. The van der Waals surface area contributed by atoms with Gasteiger partial charge in [0.25, 0.3) is 0 Å². The molecule has 0 radical (unpaired) electrons. The molecule has 1 saturated heterocycles. The molecule has 1 aromatic carbocycles. The predicted molar refractivity (Wildman–Crippen MR) is 111 cm³/mol. The number of piperazine rings is 1. The Hall–Kier alpha value is -3.02. The molecule has 1 aromatic heterocycles. The van der Waals surface area contributed by atoms with E-state index in [0.29, 0.717) is 5.76 Å². The number of hydrogen-bond donors (Lipinski definition) is 1. The molecule has 2 heterocycles. The van der Waals surface area contributed by atoms with Gasteiger partial charge in [0.05, 0.1) is 6.26 Å². The Morgan fingerprint density at radius 2 is 1.71 bits per heavy atom. The van der Waals surface area contributed by atoms with Crippen molar-refractivity contribution < 1.29 is 14.0 Å². The van der Waals surface area contributed by atoms with E-state index in [2.05, 4.69) is 10.2 Å². The van der Waals surface area contributed by atoms with Crippen LogP contribution in [0.15, 0.2) is 53.2 Å². The molecule has 1 N–H and O–H groups in total. The van der Waals surface area contributed by atoms with Crippen molar-refractivity contribution in [2.75, 3.05) is 36.4 Å². The van der Waals surface area contributed by atoms with E-state index >= 15 is 0 Å². The van der Waals surface area contributed by atoms with Crippen molar-refractivity contribution in [2.45, 2.75) is 20.8 Å². The Kier molecular flexibility index (Phi) is 5.87. The highest BCUT2D eigenvalue weighted by Crippen LogP contribution is 2.22. The van der Waals surface area contributed by atoms with Gasteiger partial charge in [-0.15, -0.1) is 0 Å². The zero-order valence-electron chi connectivity index (χ0n) is 16.6. The maximum atomic E-state index is 12.4. The normalized spacial score (nSPS) is 15.1. The molecule has 1 fully saturated rings. The molecule has 2 amide bonds. The van der Waals surface area contributed by atoms with Gasteiger partial charge in [0.15, 0.2) is 0 Å². The molecule has 0 spiro atoms. The Morgan fingerprint density at radius 1 is 1.04 bits per heavy atom. The van der Waals surface area contributed by atoms with Gasteiger partial charge in [-0.05, 0) is 42.5 Å². The molecule has 1 aliphatic rings. The summed E-state index contributed by atoms with van der Waals surface area (Å²) in [4.78, 5) is 28.6. The molecule has 0 atom stereocenters. The minimum Gasteiger partial charge on any atom is -0.465 e. The second kappa shape index (κ2) is 8.33. The lowest BCUT2D eigenvalue weighted by Crippen LogP contribution is -2.51. The van der Waals surface area contributed by atoms with Crippen molar-refractivity contribution in [1.82, 2.24) is 4.90 Å². The number of carbonyl (C=O) groups is 2. The number of amides is 2. The van der Waals surface area contributed by atoms with Crippen molar-refractivity contribution >= 4 is 29.3 Å². The lowest BCUT2D eigenvalue weighted by atomic mass is 9.94. The van der Waals surface area contributed by atoms with E-state index in [1.54, 1.807) is 24.5 Å². The first-order valence-electron chi connectivity index (χ1n) is 9.50. The number of nitrogens with one attached hydrogen (secondary N) is 1. The van der Waals surface area contributed by atoms with Crippen molar-refractivity contribution in [1.29, 1.82) is 0 Å². The molecular formula is C22H27N3O3. The SMILES string of the molecule is CC(C)(C)C(=O)N1CCN(c2ccc(NC(=O)/C=C/c3ccco3)cc2)CC1. The molecule has 6 heteroatoms. The summed E-state index contributed by atoms with van der Waals surface area (Å²) >= 11 is 0. The van der Waals surface area contributed by atoms with Crippen molar-refractivity contribution in [2.24, 2.45) is 5.41 Å². The fraction of sp³-hybridized carbons (Fsp3) is 0.364. The molecular weight excluding hydrogens is 354 g/mol. The molecule has 0 unspecified atom stereocenters. The number of nitrogens with zero attached hydrogens (tertiary/aromatic N) is 2. The fourth-order valence-corrected chi connectivity index (χ4v) is 3.13. The minimum atomic E-state index is -0.340. The van der Waals surface area contributed by atoms with Gasteiger partial charge in [0.2, 0.25) is 11.8 Å². The van der Waals surface area contributed by atoms with E-state index in [1.807, 2.05) is 49.9 Å². The Morgan fingerprint density at radius 3 is 2.29 bits per heavy atom. The number of hydrogen-bond acceptors (Lipinski definition) is 4. The summed E-state index contributed by atoms with van der Waals surface area (Å²) in [5.41, 5.74) is 1.49. The Labute approximate surface area is 165 Å². The van der Waals surface area contributed by atoms with Crippen molar-refractivity contribution in [3.05, 3.63) is 54.5 Å². The van der Waals surface area contributed by atoms with Crippen molar-refractivity contribution in [3.8, 4) is 0 Å². The summed E-state index contributed by atoms with van der Waals surface area (Å²) in [6.07, 6.45) is 4.63. The van der Waals surface area contributed by atoms with Crippen LogP contribution in [0.2, 0.25) is 0 Å². The van der Waals surface area contributed by atoms with Gasteiger partial charge in [-0.1, -0.05) is 20.8 Å². The van der Waals surface area contributed by atoms with Crippen LogP contribution in [0.1, 0.15) is 26.5 Å². The average molecular weight is 381 g/mol. The van der Waals surface area contributed by atoms with E-state index in [4.69, 9.17) is 4.42 Å². The number of benzene rings is 1. The monoisotopic (exact) mass is 381 g/mol. The van der Waals surface area contributed by atoms with Crippen LogP contribution in [0.3, 0.4) is 0 Å². The molecule has 28 heavy (non-hydrogen) atoms. The topological polar surface area (TPSA) is 65.8 Å². The predicted octanol–water partition coefficient (Wildman–Crippen LogP) is 3.63.